The second-order valence-corrected chi connectivity index (χ2v) is 12.1. The Kier molecular flexibility index (Phi) is 7.10. The van der Waals surface area contributed by atoms with Crippen LogP contribution in [0, 0.1) is 0 Å². The fourth-order valence-electron chi connectivity index (χ4n) is 6.66. The lowest BCUT2D eigenvalue weighted by atomic mass is 10.0. The van der Waals surface area contributed by atoms with Crippen LogP contribution in [0.2, 0.25) is 0 Å². The minimum atomic E-state index is 0.636. The van der Waals surface area contributed by atoms with Crippen molar-refractivity contribution < 1.29 is 0 Å². The molecule has 7 aromatic carbocycles. The Hall–Kier alpha value is -6.65. The van der Waals surface area contributed by atoms with Gasteiger partial charge in [-0.15, -0.1) is 0 Å². The molecule has 49 heavy (non-hydrogen) atoms. The van der Waals surface area contributed by atoms with E-state index in [1.54, 1.807) is 0 Å². The summed E-state index contributed by atoms with van der Waals surface area (Å²) in [6.07, 6.45) is 0. The van der Waals surface area contributed by atoms with Gasteiger partial charge >= 0.3 is 0 Å². The van der Waals surface area contributed by atoms with Crippen LogP contribution in [0.25, 0.3) is 83.9 Å². The Morgan fingerprint density at radius 2 is 0.694 bits per heavy atom. The molecule has 0 aliphatic carbocycles. The van der Waals surface area contributed by atoms with Gasteiger partial charge in [-0.2, -0.15) is 0 Å². The van der Waals surface area contributed by atoms with Crippen molar-refractivity contribution in [1.82, 2.24) is 19.5 Å². The molecule has 230 valence electrons. The average molecular weight is 627 g/mol. The molecule has 4 heteroatoms. The minimum Gasteiger partial charge on any atom is -0.309 e. The number of hydrogen-bond donors (Lipinski definition) is 0. The van der Waals surface area contributed by atoms with Crippen LogP contribution in [-0.2, 0) is 0 Å². The summed E-state index contributed by atoms with van der Waals surface area (Å²) < 4.78 is 2.35. The van der Waals surface area contributed by atoms with E-state index in [2.05, 4.69) is 150 Å². The highest BCUT2D eigenvalue weighted by atomic mass is 15.0. The van der Waals surface area contributed by atoms with Crippen LogP contribution < -0.4 is 0 Å². The molecule has 0 spiro atoms. The fourth-order valence-corrected chi connectivity index (χ4v) is 6.66. The largest absolute Gasteiger partial charge is 0.309 e. The van der Waals surface area contributed by atoms with Crippen LogP contribution in [0.15, 0.2) is 182 Å². The summed E-state index contributed by atoms with van der Waals surface area (Å²) >= 11 is 0. The first-order valence-corrected chi connectivity index (χ1v) is 16.5. The van der Waals surface area contributed by atoms with Gasteiger partial charge in [0.2, 0.25) is 0 Å². The Morgan fingerprint density at radius 1 is 0.286 bits per heavy atom. The van der Waals surface area contributed by atoms with Crippen molar-refractivity contribution in [2.75, 3.05) is 0 Å². The first kappa shape index (κ1) is 28.6. The minimum absolute atomic E-state index is 0.636. The molecule has 0 bridgehead atoms. The number of fused-ring (bicyclic) bond motifs is 3. The van der Waals surface area contributed by atoms with Crippen LogP contribution in [0.3, 0.4) is 0 Å². The highest BCUT2D eigenvalue weighted by Crippen LogP contribution is 2.34. The third-order valence-electron chi connectivity index (χ3n) is 9.06. The average Bonchev–Trinajstić information content (AvgIpc) is 3.53. The molecule has 2 aromatic heterocycles. The molecule has 2 heterocycles. The molecule has 9 aromatic rings. The van der Waals surface area contributed by atoms with E-state index in [0.29, 0.717) is 17.5 Å². The summed E-state index contributed by atoms with van der Waals surface area (Å²) in [6.45, 7) is 0. The number of benzene rings is 7. The lowest BCUT2D eigenvalue weighted by molar-refractivity contribution is 1.07. The lowest BCUT2D eigenvalue weighted by Gasteiger charge is -2.12. The molecule has 0 fully saturated rings. The Balaban J connectivity index is 1.13. The molecule has 0 aliphatic heterocycles. The van der Waals surface area contributed by atoms with Crippen LogP contribution in [0.5, 0.6) is 0 Å². The molecule has 0 saturated carbocycles. The highest BCUT2D eigenvalue weighted by Gasteiger charge is 2.15. The van der Waals surface area contributed by atoms with Gasteiger partial charge in [0, 0.05) is 33.2 Å². The van der Waals surface area contributed by atoms with Gasteiger partial charge < -0.3 is 4.57 Å². The Labute approximate surface area is 284 Å². The zero-order chi connectivity index (χ0) is 32.6. The third kappa shape index (κ3) is 5.35. The molecule has 0 saturated heterocycles. The first-order chi connectivity index (χ1) is 24.3. The summed E-state index contributed by atoms with van der Waals surface area (Å²) in [4.78, 5) is 15.0. The molecule has 0 radical (unpaired) electrons. The standard InChI is InChI=1S/C45H30N4/c1-3-13-31(14-4-1)32-25-27-34(28-26-32)44-46-43(33-15-5-2-6-16-33)47-45(48-44)37-19-11-17-35(29-37)36-18-12-20-38(30-36)49-41-23-9-7-21-39(41)40-22-8-10-24-42(40)49/h1-30H. The molecule has 0 aliphatic rings. The number of rotatable bonds is 6. The van der Waals surface area contributed by atoms with Crippen LogP contribution in [0.1, 0.15) is 0 Å². The Morgan fingerprint density at radius 3 is 1.33 bits per heavy atom. The van der Waals surface area contributed by atoms with Crippen molar-refractivity contribution in [2.24, 2.45) is 0 Å². The van der Waals surface area contributed by atoms with E-state index in [1.165, 1.54) is 27.4 Å². The molecule has 0 atom stereocenters. The van der Waals surface area contributed by atoms with Gasteiger partial charge in [-0.1, -0.05) is 152 Å². The van der Waals surface area contributed by atoms with E-state index < -0.39 is 0 Å². The SMILES string of the molecule is c1ccc(-c2ccc(-c3nc(-c4ccccc4)nc(-c4cccc(-c5cccc(-n6c7ccccc7c7ccccc76)c5)c4)n3)cc2)cc1. The monoisotopic (exact) mass is 626 g/mol. The van der Waals surface area contributed by atoms with Gasteiger partial charge in [-0.25, -0.2) is 15.0 Å². The smallest absolute Gasteiger partial charge is 0.164 e. The first-order valence-electron chi connectivity index (χ1n) is 16.5. The predicted octanol–water partition coefficient (Wildman–Crippen LogP) is 11.3. The molecule has 9 rings (SSSR count). The van der Waals surface area contributed by atoms with E-state index in [0.717, 1.165) is 39.1 Å². The molecule has 0 N–H and O–H groups in total. The van der Waals surface area contributed by atoms with Crippen molar-refractivity contribution in [2.45, 2.75) is 0 Å². The zero-order valence-corrected chi connectivity index (χ0v) is 26.6. The number of hydrogen-bond acceptors (Lipinski definition) is 3. The predicted molar refractivity (Wildman–Crippen MR) is 201 cm³/mol. The van der Waals surface area contributed by atoms with Crippen molar-refractivity contribution >= 4 is 21.8 Å². The molecule has 0 amide bonds. The van der Waals surface area contributed by atoms with E-state index in [9.17, 15) is 0 Å². The lowest BCUT2D eigenvalue weighted by Crippen LogP contribution is -2.00. The molecular formula is C45H30N4. The van der Waals surface area contributed by atoms with E-state index in [4.69, 9.17) is 15.0 Å². The number of aromatic nitrogens is 4. The number of nitrogens with zero attached hydrogens (tertiary/aromatic N) is 4. The van der Waals surface area contributed by atoms with Crippen molar-refractivity contribution in [3.05, 3.63) is 182 Å². The fraction of sp³-hybridized carbons (Fsp3) is 0. The number of para-hydroxylation sites is 2. The third-order valence-corrected chi connectivity index (χ3v) is 9.06. The van der Waals surface area contributed by atoms with E-state index in [1.807, 2.05) is 36.4 Å². The quantitative estimate of drug-likeness (QED) is 0.184. The topological polar surface area (TPSA) is 43.6 Å². The van der Waals surface area contributed by atoms with Gasteiger partial charge in [-0.05, 0) is 52.6 Å². The zero-order valence-electron chi connectivity index (χ0n) is 26.6. The molecule has 4 nitrogen and oxygen atoms in total. The summed E-state index contributed by atoms with van der Waals surface area (Å²) in [5.74, 6) is 1.92. The second-order valence-electron chi connectivity index (χ2n) is 12.1. The summed E-state index contributed by atoms with van der Waals surface area (Å²) in [5, 5.41) is 2.50. The van der Waals surface area contributed by atoms with Gasteiger partial charge in [0.25, 0.3) is 0 Å². The summed E-state index contributed by atoms with van der Waals surface area (Å²) in [5.41, 5.74) is 10.9. The molecular weight excluding hydrogens is 597 g/mol. The van der Waals surface area contributed by atoms with E-state index in [-0.39, 0.29) is 0 Å². The van der Waals surface area contributed by atoms with Gasteiger partial charge in [0.05, 0.1) is 11.0 Å². The van der Waals surface area contributed by atoms with Crippen molar-refractivity contribution in [1.29, 1.82) is 0 Å². The normalized spacial score (nSPS) is 11.3. The maximum atomic E-state index is 5.04. The Bertz CT molecular complexity index is 2530. The summed E-state index contributed by atoms with van der Waals surface area (Å²) in [6, 6.07) is 63.4. The van der Waals surface area contributed by atoms with Crippen LogP contribution >= 0.6 is 0 Å². The van der Waals surface area contributed by atoms with Crippen LogP contribution in [-0.4, -0.2) is 19.5 Å². The van der Waals surface area contributed by atoms with Gasteiger partial charge in [0.1, 0.15) is 0 Å². The van der Waals surface area contributed by atoms with Crippen LogP contribution in [0.4, 0.5) is 0 Å². The second kappa shape index (κ2) is 12.2. The highest BCUT2D eigenvalue weighted by molar-refractivity contribution is 6.09. The molecule has 0 unspecified atom stereocenters. The van der Waals surface area contributed by atoms with Gasteiger partial charge in [-0.3, -0.25) is 0 Å². The van der Waals surface area contributed by atoms with E-state index >= 15 is 0 Å². The van der Waals surface area contributed by atoms with Gasteiger partial charge in [0.15, 0.2) is 17.5 Å². The van der Waals surface area contributed by atoms with Crippen molar-refractivity contribution in [3.63, 3.8) is 0 Å². The maximum Gasteiger partial charge on any atom is 0.164 e. The van der Waals surface area contributed by atoms with Crippen molar-refractivity contribution in [3.8, 4) is 62.1 Å². The summed E-state index contributed by atoms with van der Waals surface area (Å²) in [7, 11) is 0. The maximum absolute atomic E-state index is 5.04.